The van der Waals surface area contributed by atoms with Crippen molar-refractivity contribution in [3.63, 3.8) is 0 Å². The standard InChI is InChI=1S/C9H6Cl4O3/c10-8(11)4-1-2-7(16-4,5-3-15-5)9(12,13)6(8)14/h1-2,4-5H,3H2/t4-,5?,7-/m1/s1. The molecule has 16 heavy (non-hydrogen) atoms. The largest absolute Gasteiger partial charge is 0.369 e. The van der Waals surface area contributed by atoms with Gasteiger partial charge in [-0.3, -0.25) is 4.79 Å². The van der Waals surface area contributed by atoms with Crippen LogP contribution in [0.15, 0.2) is 12.2 Å². The quantitative estimate of drug-likeness (QED) is 0.422. The van der Waals surface area contributed by atoms with Crippen molar-refractivity contribution in [2.24, 2.45) is 0 Å². The Morgan fingerprint density at radius 3 is 2.50 bits per heavy atom. The lowest BCUT2D eigenvalue weighted by Crippen LogP contribution is -2.66. The van der Waals surface area contributed by atoms with E-state index in [1.165, 1.54) is 0 Å². The summed E-state index contributed by atoms with van der Waals surface area (Å²) in [6, 6.07) is 0. The first kappa shape index (κ1) is 11.6. The number of epoxide rings is 1. The molecule has 0 N–H and O–H groups in total. The van der Waals surface area contributed by atoms with E-state index >= 15 is 0 Å². The lowest BCUT2D eigenvalue weighted by Gasteiger charge is -2.45. The van der Waals surface area contributed by atoms with Crippen LogP contribution in [0.2, 0.25) is 0 Å². The normalized spacial score (nSPS) is 47.1. The van der Waals surface area contributed by atoms with Gasteiger partial charge in [-0.2, -0.15) is 0 Å². The number of ketones is 1. The molecule has 7 heteroatoms. The van der Waals surface area contributed by atoms with Gasteiger partial charge in [0.2, 0.25) is 14.4 Å². The molecule has 0 radical (unpaired) electrons. The highest BCUT2D eigenvalue weighted by molar-refractivity contribution is 6.70. The topological polar surface area (TPSA) is 38.8 Å². The molecular weight excluding hydrogens is 298 g/mol. The molecule has 2 fully saturated rings. The van der Waals surface area contributed by atoms with Gasteiger partial charge < -0.3 is 9.47 Å². The van der Waals surface area contributed by atoms with Gasteiger partial charge in [-0.25, -0.2) is 0 Å². The number of carbonyl (C=O) groups is 1. The van der Waals surface area contributed by atoms with E-state index in [1.54, 1.807) is 12.2 Å². The molecule has 0 spiro atoms. The van der Waals surface area contributed by atoms with Gasteiger partial charge in [-0.05, 0) is 6.08 Å². The molecule has 0 aromatic carbocycles. The molecule has 3 rings (SSSR count). The molecular formula is C9H6Cl4O3. The highest BCUT2D eigenvalue weighted by Crippen LogP contribution is 2.58. The van der Waals surface area contributed by atoms with Crippen molar-refractivity contribution < 1.29 is 14.3 Å². The average molecular weight is 304 g/mol. The van der Waals surface area contributed by atoms with E-state index in [9.17, 15) is 4.79 Å². The summed E-state index contributed by atoms with van der Waals surface area (Å²) in [5, 5.41) is 0. The van der Waals surface area contributed by atoms with E-state index in [0.29, 0.717) is 6.61 Å². The third-order valence-electron chi connectivity index (χ3n) is 3.09. The van der Waals surface area contributed by atoms with E-state index in [4.69, 9.17) is 55.9 Å². The summed E-state index contributed by atoms with van der Waals surface area (Å²) < 4.78 is 7.18. The van der Waals surface area contributed by atoms with Gasteiger partial charge >= 0.3 is 0 Å². The second kappa shape index (κ2) is 3.08. The smallest absolute Gasteiger partial charge is 0.213 e. The fraction of sp³-hybridized carbons (Fsp3) is 0.667. The van der Waals surface area contributed by atoms with Gasteiger partial charge in [0.25, 0.3) is 0 Å². The van der Waals surface area contributed by atoms with Gasteiger partial charge in [-0.15, -0.1) is 0 Å². The molecule has 0 aromatic heterocycles. The Balaban J connectivity index is 2.13. The van der Waals surface area contributed by atoms with Gasteiger partial charge in [0.1, 0.15) is 12.2 Å². The Kier molecular flexibility index (Phi) is 2.23. The van der Waals surface area contributed by atoms with E-state index < -0.39 is 26.2 Å². The Hall–Kier alpha value is 0.490. The molecule has 0 saturated carbocycles. The van der Waals surface area contributed by atoms with Crippen molar-refractivity contribution in [1.82, 2.24) is 0 Å². The van der Waals surface area contributed by atoms with Crippen LogP contribution < -0.4 is 0 Å². The zero-order valence-electron chi connectivity index (χ0n) is 7.75. The van der Waals surface area contributed by atoms with Gasteiger partial charge in [0, 0.05) is 0 Å². The molecule has 0 amide bonds. The van der Waals surface area contributed by atoms with E-state index in [1.807, 2.05) is 0 Å². The lowest BCUT2D eigenvalue weighted by molar-refractivity contribution is -0.143. The maximum atomic E-state index is 12.1. The van der Waals surface area contributed by atoms with Crippen LogP contribution in [0.25, 0.3) is 0 Å². The number of hydrogen-bond donors (Lipinski definition) is 0. The molecule has 0 aliphatic carbocycles. The first-order valence-electron chi connectivity index (χ1n) is 4.62. The van der Waals surface area contributed by atoms with Gasteiger partial charge in [-0.1, -0.05) is 52.5 Å². The number of alkyl halides is 4. The summed E-state index contributed by atoms with van der Waals surface area (Å²) in [5.41, 5.74) is -1.16. The van der Waals surface area contributed by atoms with Crippen molar-refractivity contribution >= 4 is 52.2 Å². The minimum atomic E-state index is -1.83. The third-order valence-corrected chi connectivity index (χ3v) is 4.80. The number of rotatable bonds is 1. The minimum Gasteiger partial charge on any atom is -0.369 e. The van der Waals surface area contributed by atoms with Gasteiger partial charge in [0.15, 0.2) is 5.60 Å². The average Bonchev–Trinajstić information content (AvgIpc) is 2.95. The summed E-state index contributed by atoms with van der Waals surface area (Å²) in [6.07, 6.45) is 2.17. The Bertz CT molecular complexity index is 402. The van der Waals surface area contributed by atoms with Crippen LogP contribution in [-0.4, -0.2) is 38.9 Å². The number of Topliss-reactive ketones (excluding diaryl/α,β-unsaturated/α-hetero) is 1. The van der Waals surface area contributed by atoms with Crippen LogP contribution in [0.1, 0.15) is 0 Å². The SMILES string of the molecule is O=C1C(Cl)(Cl)[C@H]2C=C[C@](C3CO3)(O2)C1(Cl)Cl. The van der Waals surface area contributed by atoms with Crippen LogP contribution in [0, 0.1) is 0 Å². The first-order chi connectivity index (χ1) is 7.32. The zero-order chi connectivity index (χ0) is 11.8. The van der Waals surface area contributed by atoms with Gasteiger partial charge in [0.05, 0.1) is 6.61 Å². The molecule has 3 aliphatic heterocycles. The number of hydrogen-bond acceptors (Lipinski definition) is 3. The third kappa shape index (κ3) is 1.17. The first-order valence-corrected chi connectivity index (χ1v) is 6.13. The summed E-state index contributed by atoms with van der Waals surface area (Å²) in [6.45, 7) is 0.448. The molecule has 3 aliphatic rings. The number of ether oxygens (including phenoxy) is 2. The monoisotopic (exact) mass is 302 g/mol. The molecule has 2 bridgehead atoms. The van der Waals surface area contributed by atoms with Crippen molar-refractivity contribution in [2.75, 3.05) is 6.61 Å². The molecule has 3 nitrogen and oxygen atoms in total. The van der Waals surface area contributed by atoms with E-state index in [0.717, 1.165) is 0 Å². The summed E-state index contributed by atoms with van der Waals surface area (Å²) in [5.74, 6) is -0.664. The van der Waals surface area contributed by atoms with Crippen molar-refractivity contribution in [3.8, 4) is 0 Å². The Morgan fingerprint density at radius 1 is 1.31 bits per heavy atom. The summed E-state index contributed by atoms with van der Waals surface area (Å²) in [7, 11) is 0. The molecule has 3 heterocycles. The maximum Gasteiger partial charge on any atom is 0.213 e. The fourth-order valence-electron chi connectivity index (χ4n) is 2.09. The molecule has 0 aromatic rings. The Morgan fingerprint density at radius 2 is 1.94 bits per heavy atom. The predicted molar refractivity (Wildman–Crippen MR) is 60.4 cm³/mol. The number of carbonyl (C=O) groups excluding carboxylic acids is 1. The maximum absolute atomic E-state index is 12.1. The highest BCUT2D eigenvalue weighted by atomic mass is 35.5. The summed E-state index contributed by atoms with van der Waals surface area (Å²) in [4.78, 5) is 12.1. The van der Waals surface area contributed by atoms with E-state index in [-0.39, 0.29) is 6.10 Å². The van der Waals surface area contributed by atoms with Crippen LogP contribution in [0.3, 0.4) is 0 Å². The zero-order valence-corrected chi connectivity index (χ0v) is 10.8. The van der Waals surface area contributed by atoms with Crippen molar-refractivity contribution in [2.45, 2.75) is 26.5 Å². The molecule has 3 atom stereocenters. The summed E-state index contributed by atoms with van der Waals surface area (Å²) >= 11 is 24.0. The molecule has 88 valence electrons. The fourth-order valence-corrected chi connectivity index (χ4v) is 3.56. The molecule has 1 unspecified atom stereocenters. The highest BCUT2D eigenvalue weighted by Gasteiger charge is 2.74. The number of fused-ring (bicyclic) bond motifs is 2. The minimum absolute atomic E-state index is 0.322. The van der Waals surface area contributed by atoms with Crippen LogP contribution in [0.5, 0.6) is 0 Å². The predicted octanol–water partition coefficient (Wildman–Crippen LogP) is 2.01. The van der Waals surface area contributed by atoms with Crippen LogP contribution in [0.4, 0.5) is 0 Å². The lowest BCUT2D eigenvalue weighted by atomic mass is 9.90. The number of halogens is 4. The van der Waals surface area contributed by atoms with E-state index in [2.05, 4.69) is 0 Å². The van der Waals surface area contributed by atoms with Crippen molar-refractivity contribution in [1.29, 1.82) is 0 Å². The second-order valence-electron chi connectivity index (χ2n) is 4.04. The van der Waals surface area contributed by atoms with Crippen LogP contribution in [-0.2, 0) is 14.3 Å². The second-order valence-corrected chi connectivity index (χ2v) is 6.75. The Labute approximate surface area is 112 Å². The molecule has 2 saturated heterocycles. The van der Waals surface area contributed by atoms with Crippen LogP contribution >= 0.6 is 46.4 Å². The van der Waals surface area contributed by atoms with Crippen molar-refractivity contribution in [3.05, 3.63) is 12.2 Å².